The monoisotopic (exact) mass is 438 g/mol. The summed E-state index contributed by atoms with van der Waals surface area (Å²) in [6.45, 7) is 8.79. The Morgan fingerprint density at radius 2 is 1.88 bits per heavy atom. The van der Waals surface area contributed by atoms with Crippen LogP contribution in [-0.4, -0.2) is 49.5 Å². The lowest BCUT2D eigenvalue weighted by Crippen LogP contribution is -2.45. The van der Waals surface area contributed by atoms with Crippen molar-refractivity contribution in [3.05, 3.63) is 58.8 Å². The lowest BCUT2D eigenvalue weighted by Gasteiger charge is -2.32. The van der Waals surface area contributed by atoms with Gasteiger partial charge in [0.25, 0.3) is 0 Å². The van der Waals surface area contributed by atoms with Gasteiger partial charge in [-0.2, -0.15) is 10.2 Å². The second-order valence-electron chi connectivity index (χ2n) is 8.70. The first-order valence-electron chi connectivity index (χ1n) is 11.1. The van der Waals surface area contributed by atoms with Crippen molar-refractivity contribution < 1.29 is 9.18 Å². The number of carbonyl (C=O) groups is 1. The molecule has 3 heterocycles. The Morgan fingerprint density at radius 1 is 1.16 bits per heavy atom. The second kappa shape index (κ2) is 9.24. The Balaban J connectivity index is 1.29. The van der Waals surface area contributed by atoms with E-state index in [1.807, 2.05) is 44.6 Å². The number of nitrogens with one attached hydrogen (secondary N) is 1. The van der Waals surface area contributed by atoms with Gasteiger partial charge in [0.15, 0.2) is 0 Å². The molecule has 1 aromatic carbocycles. The van der Waals surface area contributed by atoms with Crippen LogP contribution in [0.5, 0.6) is 0 Å². The minimum Gasteiger partial charge on any atom is -0.352 e. The lowest BCUT2D eigenvalue weighted by atomic mass is 10.0. The summed E-state index contributed by atoms with van der Waals surface area (Å²) in [5.74, 6) is -0.250. The molecule has 0 radical (unpaired) electrons. The second-order valence-corrected chi connectivity index (χ2v) is 8.70. The summed E-state index contributed by atoms with van der Waals surface area (Å²) < 4.78 is 17.7. The summed E-state index contributed by atoms with van der Waals surface area (Å²) in [5.41, 5.74) is 5.37. The predicted octanol–water partition coefficient (Wildman–Crippen LogP) is 3.13. The molecule has 1 N–H and O–H groups in total. The van der Waals surface area contributed by atoms with Gasteiger partial charge in [0.05, 0.1) is 17.1 Å². The molecule has 2 aromatic heterocycles. The van der Waals surface area contributed by atoms with Crippen molar-refractivity contribution in [2.24, 2.45) is 7.05 Å². The molecule has 3 aromatic rings. The van der Waals surface area contributed by atoms with E-state index in [0.29, 0.717) is 11.3 Å². The fourth-order valence-electron chi connectivity index (χ4n) is 4.27. The van der Waals surface area contributed by atoms with Crippen molar-refractivity contribution in [2.45, 2.75) is 52.7 Å². The lowest BCUT2D eigenvalue weighted by molar-refractivity contribution is -0.122. The minimum absolute atomic E-state index is 0.00946. The maximum atomic E-state index is 14.1. The number of carbonyl (C=O) groups excluding carboxylic acids is 1. The zero-order valence-electron chi connectivity index (χ0n) is 19.2. The number of hydrogen-bond donors (Lipinski definition) is 1. The molecule has 170 valence electrons. The van der Waals surface area contributed by atoms with Crippen LogP contribution in [0.15, 0.2) is 30.3 Å². The van der Waals surface area contributed by atoms with E-state index in [1.54, 1.807) is 16.8 Å². The van der Waals surface area contributed by atoms with Crippen molar-refractivity contribution in [1.82, 2.24) is 29.8 Å². The largest absolute Gasteiger partial charge is 0.352 e. The zero-order chi connectivity index (χ0) is 22.8. The van der Waals surface area contributed by atoms with Gasteiger partial charge in [0.2, 0.25) is 5.91 Å². The van der Waals surface area contributed by atoms with Crippen LogP contribution in [0.25, 0.3) is 11.3 Å². The van der Waals surface area contributed by atoms with Crippen LogP contribution in [0, 0.1) is 26.6 Å². The molecule has 0 unspecified atom stereocenters. The highest BCUT2D eigenvalue weighted by atomic mass is 19.1. The van der Waals surface area contributed by atoms with Crippen molar-refractivity contribution in [3.8, 4) is 11.3 Å². The summed E-state index contributed by atoms with van der Waals surface area (Å²) >= 11 is 0. The Hall–Kier alpha value is -3.00. The molecular weight excluding hydrogens is 407 g/mol. The average molecular weight is 439 g/mol. The summed E-state index contributed by atoms with van der Waals surface area (Å²) in [6, 6.07) is 8.85. The highest BCUT2D eigenvalue weighted by molar-refractivity contribution is 5.76. The number of nitrogens with zero attached hydrogens (tertiary/aromatic N) is 5. The summed E-state index contributed by atoms with van der Waals surface area (Å²) in [7, 11) is 1.90. The van der Waals surface area contributed by atoms with E-state index < -0.39 is 0 Å². The Bertz CT molecular complexity index is 1110. The number of aromatic nitrogens is 4. The first kappa shape index (κ1) is 22.2. The number of hydrogen-bond acceptors (Lipinski definition) is 4. The van der Waals surface area contributed by atoms with Crippen LogP contribution in [0.3, 0.4) is 0 Å². The van der Waals surface area contributed by atoms with E-state index in [4.69, 9.17) is 0 Å². The Labute approximate surface area is 188 Å². The van der Waals surface area contributed by atoms with Gasteiger partial charge in [-0.1, -0.05) is 12.1 Å². The van der Waals surface area contributed by atoms with E-state index in [9.17, 15) is 9.18 Å². The van der Waals surface area contributed by atoms with E-state index in [-0.39, 0.29) is 24.3 Å². The minimum atomic E-state index is -0.260. The molecule has 1 aliphatic heterocycles. The first-order chi connectivity index (χ1) is 15.3. The topological polar surface area (TPSA) is 68.0 Å². The highest BCUT2D eigenvalue weighted by Gasteiger charge is 2.22. The molecule has 0 saturated carbocycles. The average Bonchev–Trinajstić information content (AvgIpc) is 3.24. The van der Waals surface area contributed by atoms with Gasteiger partial charge in [-0.05, 0) is 57.4 Å². The van der Waals surface area contributed by atoms with Gasteiger partial charge in [0.1, 0.15) is 12.4 Å². The van der Waals surface area contributed by atoms with Crippen LogP contribution in [0.1, 0.15) is 35.5 Å². The number of likely N-dealkylation sites (tertiary alicyclic amines) is 1. The zero-order valence-corrected chi connectivity index (χ0v) is 19.2. The van der Waals surface area contributed by atoms with Crippen molar-refractivity contribution in [1.29, 1.82) is 0 Å². The molecule has 1 amide bonds. The fraction of sp³-hybridized carbons (Fsp3) is 0.458. The van der Waals surface area contributed by atoms with Crippen LogP contribution < -0.4 is 5.32 Å². The van der Waals surface area contributed by atoms with Gasteiger partial charge >= 0.3 is 0 Å². The first-order valence-corrected chi connectivity index (χ1v) is 11.1. The van der Waals surface area contributed by atoms with Crippen LogP contribution in [0.4, 0.5) is 4.39 Å². The third-order valence-electron chi connectivity index (χ3n) is 6.50. The van der Waals surface area contributed by atoms with Gasteiger partial charge in [-0.25, -0.2) is 4.39 Å². The molecule has 0 spiro atoms. The number of piperidine rings is 1. The summed E-state index contributed by atoms with van der Waals surface area (Å²) in [6.07, 6.45) is 1.81. The molecule has 0 atom stereocenters. The summed E-state index contributed by atoms with van der Waals surface area (Å²) in [5, 5.41) is 12.1. The number of aryl methyl sites for hydroxylation is 2. The van der Waals surface area contributed by atoms with E-state index in [2.05, 4.69) is 20.4 Å². The standard InChI is InChI=1S/C24H31FN6O/c1-16-17(2)27-31(18(16)3)15-24(32)26-19-9-11-30(12-10-19)14-20-13-23(28-29(20)4)21-7-5-6-8-22(21)25/h5-8,13,19H,9-12,14-15H2,1-4H3,(H,26,32). The van der Waals surface area contributed by atoms with E-state index in [1.165, 1.54) is 6.07 Å². The number of amides is 1. The van der Waals surface area contributed by atoms with Crippen molar-refractivity contribution in [2.75, 3.05) is 13.1 Å². The molecule has 1 fully saturated rings. The molecule has 8 heteroatoms. The van der Waals surface area contributed by atoms with E-state index >= 15 is 0 Å². The van der Waals surface area contributed by atoms with Gasteiger partial charge < -0.3 is 5.32 Å². The summed E-state index contributed by atoms with van der Waals surface area (Å²) in [4.78, 5) is 14.9. The third-order valence-corrected chi connectivity index (χ3v) is 6.50. The molecule has 7 nitrogen and oxygen atoms in total. The van der Waals surface area contributed by atoms with Gasteiger partial charge in [0, 0.05) is 44.0 Å². The Kier molecular flexibility index (Phi) is 6.41. The fourth-order valence-corrected chi connectivity index (χ4v) is 4.27. The van der Waals surface area contributed by atoms with Crippen LogP contribution in [-0.2, 0) is 24.9 Å². The normalized spacial score (nSPS) is 15.3. The molecule has 0 bridgehead atoms. The highest BCUT2D eigenvalue weighted by Crippen LogP contribution is 2.23. The molecule has 1 saturated heterocycles. The molecule has 0 aliphatic carbocycles. The number of rotatable bonds is 6. The molecular formula is C24H31FN6O. The maximum Gasteiger partial charge on any atom is 0.241 e. The van der Waals surface area contributed by atoms with Gasteiger partial charge in [-0.15, -0.1) is 0 Å². The quantitative estimate of drug-likeness (QED) is 0.642. The molecule has 32 heavy (non-hydrogen) atoms. The van der Waals surface area contributed by atoms with Crippen molar-refractivity contribution >= 4 is 5.91 Å². The third kappa shape index (κ3) is 4.75. The molecule has 4 rings (SSSR count). The van der Waals surface area contributed by atoms with Crippen LogP contribution in [0.2, 0.25) is 0 Å². The van der Waals surface area contributed by atoms with Crippen molar-refractivity contribution in [3.63, 3.8) is 0 Å². The predicted molar refractivity (Wildman–Crippen MR) is 121 cm³/mol. The van der Waals surface area contributed by atoms with Crippen LogP contribution >= 0.6 is 0 Å². The maximum absolute atomic E-state index is 14.1. The smallest absolute Gasteiger partial charge is 0.241 e. The number of halogens is 1. The van der Waals surface area contributed by atoms with E-state index in [0.717, 1.165) is 55.1 Å². The number of benzene rings is 1. The molecule has 1 aliphatic rings. The SMILES string of the molecule is Cc1nn(CC(=O)NC2CCN(Cc3cc(-c4ccccc4F)nn3C)CC2)c(C)c1C. The van der Waals surface area contributed by atoms with Gasteiger partial charge in [-0.3, -0.25) is 19.1 Å². The Morgan fingerprint density at radius 3 is 2.53 bits per heavy atom.